The molecule has 3 amide bonds. The molecule has 1 aliphatic heterocycles. The molecule has 8 heteroatoms. The average Bonchev–Trinajstić information content (AvgIpc) is 3.00. The lowest BCUT2D eigenvalue weighted by molar-refractivity contribution is -0.157. The van der Waals surface area contributed by atoms with E-state index in [1.54, 1.807) is 48.5 Å². The number of carbonyl (C=O) groups excluding carboxylic acids is 4. The molecule has 2 aromatic carbocycles. The van der Waals surface area contributed by atoms with Gasteiger partial charge in [0.25, 0.3) is 11.8 Å². The number of fused-ring (bicyclic) bond motifs is 1. The number of hydrogen-bond acceptors (Lipinski definition) is 6. The summed E-state index contributed by atoms with van der Waals surface area (Å²) in [5.41, 5.74) is 1.22. The molecule has 1 N–H and O–H groups in total. The monoisotopic (exact) mass is 396 g/mol. The van der Waals surface area contributed by atoms with E-state index in [-0.39, 0.29) is 17.5 Å². The topological polar surface area (TPSA) is 102 Å². The Kier molecular flexibility index (Phi) is 6.04. The van der Waals surface area contributed by atoms with Gasteiger partial charge in [0.15, 0.2) is 0 Å². The van der Waals surface area contributed by atoms with E-state index in [9.17, 15) is 19.2 Å². The Labute approximate surface area is 167 Å². The molecule has 0 fully saturated rings. The van der Waals surface area contributed by atoms with Crippen LogP contribution in [0.2, 0.25) is 0 Å². The van der Waals surface area contributed by atoms with Crippen LogP contribution in [0.15, 0.2) is 54.6 Å². The molecular weight excluding hydrogens is 376 g/mol. The van der Waals surface area contributed by atoms with E-state index in [1.807, 2.05) is 6.07 Å². The lowest BCUT2D eigenvalue weighted by atomic mass is 10.0. The number of amides is 3. The van der Waals surface area contributed by atoms with Crippen LogP contribution in [0, 0.1) is 0 Å². The van der Waals surface area contributed by atoms with Gasteiger partial charge in [0.2, 0.25) is 12.1 Å². The number of hydrogen-bond donors (Lipinski definition) is 1. The zero-order valence-electron chi connectivity index (χ0n) is 16.0. The highest BCUT2D eigenvalue weighted by atomic mass is 16.6. The fraction of sp³-hybridized carbons (Fsp3) is 0.238. The molecule has 0 aliphatic carbocycles. The molecule has 150 valence electrons. The van der Waals surface area contributed by atoms with Crippen molar-refractivity contribution < 1.29 is 28.7 Å². The van der Waals surface area contributed by atoms with Gasteiger partial charge in [0.05, 0.1) is 18.2 Å². The Balaban J connectivity index is 1.94. The van der Waals surface area contributed by atoms with E-state index in [4.69, 9.17) is 4.74 Å². The van der Waals surface area contributed by atoms with Crippen molar-refractivity contribution >= 4 is 23.7 Å². The normalized spacial score (nSPS) is 14.9. The minimum atomic E-state index is -1.36. The van der Waals surface area contributed by atoms with Crippen molar-refractivity contribution in [1.82, 2.24) is 10.2 Å². The van der Waals surface area contributed by atoms with Gasteiger partial charge in [-0.3, -0.25) is 19.3 Å². The zero-order valence-corrected chi connectivity index (χ0v) is 16.0. The minimum absolute atomic E-state index is 0.0791. The number of carbonyl (C=O) groups is 4. The maximum Gasteiger partial charge on any atom is 0.356 e. The number of rotatable bonds is 7. The third-order valence-electron chi connectivity index (χ3n) is 4.64. The number of nitrogens with one attached hydrogen (secondary N) is 1. The van der Waals surface area contributed by atoms with Crippen LogP contribution in [0.3, 0.4) is 0 Å². The summed E-state index contributed by atoms with van der Waals surface area (Å²) < 4.78 is 9.55. The van der Waals surface area contributed by atoms with Gasteiger partial charge in [0.1, 0.15) is 6.04 Å². The molecule has 0 spiro atoms. The molecule has 0 aromatic heterocycles. The van der Waals surface area contributed by atoms with Crippen LogP contribution in [0.1, 0.15) is 26.3 Å². The first-order valence-electron chi connectivity index (χ1n) is 8.89. The molecule has 2 aromatic rings. The molecule has 8 nitrogen and oxygen atoms in total. The van der Waals surface area contributed by atoms with Gasteiger partial charge in [-0.15, -0.1) is 0 Å². The summed E-state index contributed by atoms with van der Waals surface area (Å²) in [7, 11) is 2.39. The van der Waals surface area contributed by atoms with Crippen LogP contribution >= 0.6 is 0 Å². The molecule has 0 bridgehead atoms. The van der Waals surface area contributed by atoms with Crippen LogP contribution in [0.5, 0.6) is 0 Å². The molecule has 0 radical (unpaired) electrons. The van der Waals surface area contributed by atoms with Crippen molar-refractivity contribution in [3.63, 3.8) is 0 Å². The first-order valence-corrected chi connectivity index (χ1v) is 8.89. The first kappa shape index (κ1) is 20.2. The quantitative estimate of drug-likeness (QED) is 0.428. The maximum absolute atomic E-state index is 13.0. The van der Waals surface area contributed by atoms with E-state index in [1.165, 1.54) is 7.11 Å². The van der Waals surface area contributed by atoms with Crippen LogP contribution in [-0.4, -0.2) is 55.1 Å². The minimum Gasteiger partial charge on any atom is -0.466 e. The van der Waals surface area contributed by atoms with Gasteiger partial charge in [-0.1, -0.05) is 42.5 Å². The number of ether oxygens (including phenoxy) is 2. The van der Waals surface area contributed by atoms with E-state index in [2.05, 4.69) is 10.1 Å². The second kappa shape index (κ2) is 8.66. The van der Waals surface area contributed by atoms with Crippen molar-refractivity contribution in [3.8, 4) is 0 Å². The van der Waals surface area contributed by atoms with Crippen molar-refractivity contribution in [2.45, 2.75) is 18.7 Å². The molecule has 0 saturated heterocycles. The fourth-order valence-corrected chi connectivity index (χ4v) is 3.18. The van der Waals surface area contributed by atoms with Crippen LogP contribution in [0.25, 0.3) is 0 Å². The van der Waals surface area contributed by atoms with Gasteiger partial charge in [0, 0.05) is 13.5 Å². The van der Waals surface area contributed by atoms with Gasteiger partial charge in [-0.2, -0.15) is 0 Å². The molecular formula is C21H20N2O6. The Morgan fingerprint density at radius 2 is 1.48 bits per heavy atom. The van der Waals surface area contributed by atoms with Crippen molar-refractivity contribution in [2.24, 2.45) is 0 Å². The first-order chi connectivity index (χ1) is 14.0. The maximum atomic E-state index is 13.0. The highest BCUT2D eigenvalue weighted by molar-refractivity contribution is 6.22. The smallest absolute Gasteiger partial charge is 0.356 e. The average molecular weight is 396 g/mol. The van der Waals surface area contributed by atoms with Crippen LogP contribution < -0.4 is 5.32 Å². The third kappa shape index (κ3) is 4.02. The van der Waals surface area contributed by atoms with Crippen molar-refractivity contribution in [3.05, 3.63) is 71.3 Å². The van der Waals surface area contributed by atoms with Gasteiger partial charge < -0.3 is 14.8 Å². The van der Waals surface area contributed by atoms with Gasteiger partial charge in [-0.05, 0) is 17.7 Å². The number of imide groups is 1. The second-order valence-corrected chi connectivity index (χ2v) is 6.38. The number of methoxy groups -OCH3 is 2. The molecule has 1 aliphatic rings. The summed E-state index contributed by atoms with van der Waals surface area (Å²) in [6, 6.07) is 14.2. The van der Waals surface area contributed by atoms with Crippen molar-refractivity contribution in [1.29, 1.82) is 0 Å². The number of benzene rings is 2. The summed E-state index contributed by atoms with van der Waals surface area (Å²) in [6.45, 7) is 0. The fourth-order valence-electron chi connectivity index (χ4n) is 3.18. The summed E-state index contributed by atoms with van der Waals surface area (Å²) >= 11 is 0. The standard InChI is InChI=1S/C21H20N2O6/c1-28-18(21(27)29-2)22-17(24)16(12-13-8-4-3-5-9-13)23-19(25)14-10-6-7-11-15(14)20(23)26/h3-11,16,18H,12H2,1-2H3,(H,22,24)/t16-,18?/m1/s1. The van der Waals surface area contributed by atoms with E-state index in [0.717, 1.165) is 17.6 Å². The summed E-state index contributed by atoms with van der Waals surface area (Å²) in [5.74, 6) is -2.63. The summed E-state index contributed by atoms with van der Waals surface area (Å²) in [4.78, 5) is 51.5. The lowest BCUT2D eigenvalue weighted by Crippen LogP contribution is -2.54. The Morgan fingerprint density at radius 3 is 2.00 bits per heavy atom. The SMILES string of the molecule is COC(=O)C(NC(=O)[C@@H](Cc1ccccc1)N1C(=O)c2ccccc2C1=O)OC. The zero-order chi connectivity index (χ0) is 21.0. The largest absolute Gasteiger partial charge is 0.466 e. The Hall–Kier alpha value is -3.52. The summed E-state index contributed by atoms with van der Waals surface area (Å²) in [6.07, 6.45) is -1.28. The predicted octanol–water partition coefficient (Wildman–Crippen LogP) is 1.16. The Morgan fingerprint density at radius 1 is 0.931 bits per heavy atom. The highest BCUT2D eigenvalue weighted by Gasteiger charge is 2.43. The number of nitrogens with zero attached hydrogens (tertiary/aromatic N) is 1. The molecule has 0 saturated carbocycles. The van der Waals surface area contributed by atoms with E-state index >= 15 is 0 Å². The van der Waals surface area contributed by atoms with Gasteiger partial charge >= 0.3 is 5.97 Å². The lowest BCUT2D eigenvalue weighted by Gasteiger charge is -2.27. The van der Waals surface area contributed by atoms with E-state index in [0.29, 0.717) is 0 Å². The third-order valence-corrected chi connectivity index (χ3v) is 4.64. The van der Waals surface area contributed by atoms with Gasteiger partial charge in [-0.25, -0.2) is 4.79 Å². The summed E-state index contributed by atoms with van der Waals surface area (Å²) in [5, 5.41) is 2.40. The van der Waals surface area contributed by atoms with Crippen molar-refractivity contribution in [2.75, 3.05) is 14.2 Å². The van der Waals surface area contributed by atoms with Crippen LogP contribution in [0.4, 0.5) is 0 Å². The molecule has 1 heterocycles. The van der Waals surface area contributed by atoms with Crippen LogP contribution in [-0.2, 0) is 25.5 Å². The number of esters is 1. The predicted molar refractivity (Wildman–Crippen MR) is 102 cm³/mol. The van der Waals surface area contributed by atoms with E-state index < -0.39 is 36.0 Å². The molecule has 3 rings (SSSR count). The Bertz CT molecular complexity index is 908. The molecule has 1 unspecified atom stereocenters. The molecule has 2 atom stereocenters. The second-order valence-electron chi connectivity index (χ2n) is 6.38. The highest BCUT2D eigenvalue weighted by Crippen LogP contribution is 2.26. The molecule has 29 heavy (non-hydrogen) atoms.